The Morgan fingerprint density at radius 2 is 1.71 bits per heavy atom. The van der Waals surface area contributed by atoms with Gasteiger partial charge in [-0.25, -0.2) is 9.97 Å². The summed E-state index contributed by atoms with van der Waals surface area (Å²) in [5.74, 6) is 1.99. The first-order chi connectivity index (χ1) is 16.7. The molecule has 0 bridgehead atoms. The minimum Gasteiger partial charge on any atom is -0.356 e. The van der Waals surface area contributed by atoms with Crippen LogP contribution < -0.4 is 4.90 Å². The van der Waals surface area contributed by atoms with Crippen molar-refractivity contribution in [1.82, 2.24) is 19.8 Å². The van der Waals surface area contributed by atoms with Gasteiger partial charge in [-0.05, 0) is 31.4 Å². The number of aromatic nitrogens is 2. The molecule has 2 aromatic carbocycles. The number of hydrogen-bond donors (Lipinski definition) is 0. The summed E-state index contributed by atoms with van der Waals surface area (Å²) in [6.45, 7) is 8.19. The third kappa shape index (κ3) is 5.28. The molecule has 0 radical (unpaired) electrons. The molecule has 1 amide bonds. The van der Waals surface area contributed by atoms with Crippen molar-refractivity contribution in [2.75, 3.05) is 44.2 Å². The number of carbonyl (C=O) groups is 1. The van der Waals surface area contributed by atoms with Gasteiger partial charge < -0.3 is 9.80 Å². The maximum absolute atomic E-state index is 13.4. The fraction of sp³-hybridized carbons (Fsp3) is 0.393. The largest absolute Gasteiger partial charge is 0.356 e. The number of rotatable bonds is 5. The number of nitrogens with zero attached hydrogens (tertiary/aromatic N) is 5. The number of anilines is 1. The average Bonchev–Trinajstić information content (AvgIpc) is 2.90. The van der Waals surface area contributed by atoms with Crippen molar-refractivity contribution >= 4 is 11.7 Å². The Bertz CT molecular complexity index is 1090. The molecule has 6 nitrogen and oxygen atoms in total. The van der Waals surface area contributed by atoms with Crippen molar-refractivity contribution in [2.24, 2.45) is 5.92 Å². The second-order valence-corrected chi connectivity index (χ2v) is 9.48. The number of piperazine rings is 1. The lowest BCUT2D eigenvalue weighted by atomic mass is 9.96. The fourth-order valence-electron chi connectivity index (χ4n) is 4.98. The van der Waals surface area contributed by atoms with E-state index in [1.807, 2.05) is 12.3 Å². The van der Waals surface area contributed by atoms with Gasteiger partial charge in [-0.2, -0.15) is 0 Å². The molecule has 6 heteroatoms. The predicted octanol–water partition coefficient (Wildman–Crippen LogP) is 4.01. The molecule has 0 spiro atoms. The molecule has 0 aliphatic carbocycles. The lowest BCUT2D eigenvalue weighted by Gasteiger charge is -2.39. The van der Waals surface area contributed by atoms with E-state index in [0.717, 1.165) is 75.9 Å². The van der Waals surface area contributed by atoms with Crippen LogP contribution in [0.4, 0.5) is 5.82 Å². The van der Waals surface area contributed by atoms with Gasteiger partial charge in [0, 0.05) is 57.6 Å². The Labute approximate surface area is 202 Å². The normalized spacial score (nSPS) is 19.3. The number of amides is 1. The molecule has 1 atom stereocenters. The highest BCUT2D eigenvalue weighted by molar-refractivity contribution is 5.80. The van der Waals surface area contributed by atoms with Crippen molar-refractivity contribution in [3.8, 4) is 11.4 Å². The van der Waals surface area contributed by atoms with Crippen LogP contribution in [0, 0.1) is 12.8 Å². The molecular weight excluding hydrogens is 422 g/mol. The molecule has 5 rings (SSSR count). The molecule has 3 aromatic rings. The Hall–Kier alpha value is -3.25. The Kier molecular flexibility index (Phi) is 6.86. The maximum atomic E-state index is 13.4. The first-order valence-corrected chi connectivity index (χ1v) is 12.4. The third-order valence-electron chi connectivity index (χ3n) is 6.98. The molecule has 1 aromatic heterocycles. The molecule has 2 fully saturated rings. The van der Waals surface area contributed by atoms with Crippen LogP contribution in [0.2, 0.25) is 0 Å². The second-order valence-electron chi connectivity index (χ2n) is 9.48. The van der Waals surface area contributed by atoms with E-state index in [2.05, 4.69) is 81.2 Å². The zero-order valence-corrected chi connectivity index (χ0v) is 19.9. The van der Waals surface area contributed by atoms with E-state index in [9.17, 15) is 4.79 Å². The second kappa shape index (κ2) is 10.3. The maximum Gasteiger partial charge on any atom is 0.227 e. The molecule has 34 heavy (non-hydrogen) atoms. The highest BCUT2D eigenvalue weighted by Gasteiger charge is 2.31. The van der Waals surface area contributed by atoms with E-state index in [1.165, 1.54) is 11.1 Å². The van der Waals surface area contributed by atoms with Crippen LogP contribution in [0.3, 0.4) is 0 Å². The van der Waals surface area contributed by atoms with Crippen molar-refractivity contribution < 1.29 is 4.79 Å². The van der Waals surface area contributed by atoms with E-state index in [0.29, 0.717) is 5.91 Å². The number of hydrogen-bond acceptors (Lipinski definition) is 5. The van der Waals surface area contributed by atoms with Gasteiger partial charge in [0.2, 0.25) is 5.91 Å². The molecule has 3 heterocycles. The van der Waals surface area contributed by atoms with Crippen LogP contribution in [0.5, 0.6) is 0 Å². The first-order valence-electron chi connectivity index (χ1n) is 12.4. The molecule has 176 valence electrons. The van der Waals surface area contributed by atoms with E-state index < -0.39 is 0 Å². The van der Waals surface area contributed by atoms with Crippen molar-refractivity contribution in [2.45, 2.75) is 26.3 Å². The quantitative estimate of drug-likeness (QED) is 0.582. The molecule has 2 saturated heterocycles. The van der Waals surface area contributed by atoms with Gasteiger partial charge in [-0.15, -0.1) is 0 Å². The van der Waals surface area contributed by atoms with Gasteiger partial charge in [0.1, 0.15) is 5.82 Å². The van der Waals surface area contributed by atoms with Crippen LogP contribution in [-0.4, -0.2) is 64.9 Å². The summed E-state index contributed by atoms with van der Waals surface area (Å²) >= 11 is 0. The SMILES string of the molecule is Cc1ccc(-c2nccc(N3CCC[C@H](C(=O)N4CCN(Cc5ccccc5)CC4)C3)n2)cc1. The summed E-state index contributed by atoms with van der Waals surface area (Å²) in [6.07, 6.45) is 3.79. The highest BCUT2D eigenvalue weighted by Crippen LogP contribution is 2.25. The Morgan fingerprint density at radius 3 is 2.47 bits per heavy atom. The zero-order valence-electron chi connectivity index (χ0n) is 19.9. The first kappa shape index (κ1) is 22.5. The van der Waals surface area contributed by atoms with E-state index in [-0.39, 0.29) is 5.92 Å². The Morgan fingerprint density at radius 1 is 0.941 bits per heavy atom. The summed E-state index contributed by atoms with van der Waals surface area (Å²) in [7, 11) is 0. The van der Waals surface area contributed by atoms with Crippen LogP contribution in [0.15, 0.2) is 66.9 Å². The topological polar surface area (TPSA) is 52.6 Å². The molecule has 0 saturated carbocycles. The van der Waals surface area contributed by atoms with Gasteiger partial charge in [-0.1, -0.05) is 60.2 Å². The number of aryl methyl sites for hydroxylation is 1. The van der Waals surface area contributed by atoms with Crippen molar-refractivity contribution in [1.29, 1.82) is 0 Å². The monoisotopic (exact) mass is 455 g/mol. The number of benzene rings is 2. The lowest BCUT2D eigenvalue weighted by Crippen LogP contribution is -2.52. The molecule has 0 unspecified atom stereocenters. The van der Waals surface area contributed by atoms with E-state index in [4.69, 9.17) is 4.98 Å². The van der Waals surface area contributed by atoms with Crippen LogP contribution in [0.25, 0.3) is 11.4 Å². The molecule has 2 aliphatic heterocycles. The molecule has 2 aliphatic rings. The average molecular weight is 456 g/mol. The van der Waals surface area contributed by atoms with E-state index >= 15 is 0 Å². The number of carbonyl (C=O) groups excluding carboxylic acids is 1. The summed E-state index contributed by atoms with van der Waals surface area (Å²) in [4.78, 5) is 29.5. The highest BCUT2D eigenvalue weighted by atomic mass is 16.2. The summed E-state index contributed by atoms with van der Waals surface area (Å²) in [5.41, 5.74) is 3.57. The van der Waals surface area contributed by atoms with Crippen LogP contribution in [0.1, 0.15) is 24.0 Å². The molecule has 0 N–H and O–H groups in total. The van der Waals surface area contributed by atoms with Gasteiger partial charge in [-0.3, -0.25) is 9.69 Å². The summed E-state index contributed by atoms with van der Waals surface area (Å²) < 4.78 is 0. The minimum atomic E-state index is 0.0345. The van der Waals surface area contributed by atoms with Crippen molar-refractivity contribution in [3.63, 3.8) is 0 Å². The summed E-state index contributed by atoms with van der Waals surface area (Å²) in [6, 6.07) is 20.8. The standard InChI is InChI=1S/C28H33N5O/c1-22-9-11-24(12-10-22)27-29-14-13-26(30-27)33-15-5-8-25(21-33)28(34)32-18-16-31(17-19-32)20-23-6-3-2-4-7-23/h2-4,6-7,9-14,25H,5,8,15-21H2,1H3/t25-/m0/s1. The third-order valence-corrected chi connectivity index (χ3v) is 6.98. The smallest absolute Gasteiger partial charge is 0.227 e. The predicted molar refractivity (Wildman–Crippen MR) is 135 cm³/mol. The van der Waals surface area contributed by atoms with Gasteiger partial charge >= 0.3 is 0 Å². The fourth-order valence-corrected chi connectivity index (χ4v) is 4.98. The van der Waals surface area contributed by atoms with Gasteiger partial charge in [0.05, 0.1) is 5.92 Å². The van der Waals surface area contributed by atoms with E-state index in [1.54, 1.807) is 0 Å². The van der Waals surface area contributed by atoms with Crippen LogP contribution >= 0.6 is 0 Å². The van der Waals surface area contributed by atoms with Crippen LogP contribution in [-0.2, 0) is 11.3 Å². The Balaban J connectivity index is 1.19. The number of piperidine rings is 1. The summed E-state index contributed by atoms with van der Waals surface area (Å²) in [5, 5.41) is 0. The lowest BCUT2D eigenvalue weighted by molar-refractivity contribution is -0.137. The van der Waals surface area contributed by atoms with Gasteiger partial charge in [0.25, 0.3) is 0 Å². The zero-order chi connectivity index (χ0) is 23.3. The minimum absolute atomic E-state index is 0.0345. The van der Waals surface area contributed by atoms with Crippen molar-refractivity contribution in [3.05, 3.63) is 78.0 Å². The van der Waals surface area contributed by atoms with Gasteiger partial charge in [0.15, 0.2) is 5.82 Å². The molecular formula is C28H33N5O.